The summed E-state index contributed by atoms with van der Waals surface area (Å²) in [4.78, 5) is 20.0. The minimum Gasteiger partial charge on any atom is -0.496 e. The summed E-state index contributed by atoms with van der Waals surface area (Å²) in [5.41, 5.74) is 16.4. The Labute approximate surface area is 346 Å². The maximum atomic E-state index is 5.73. The zero-order valence-electron chi connectivity index (χ0n) is 34.1. The first-order valence-corrected chi connectivity index (χ1v) is 20.5. The number of nitrogens with one attached hydrogen (secondary N) is 1. The molecule has 0 amide bonds. The molecule has 0 spiro atoms. The SMILES string of the molecule is COc1ccc(C2=NC(c3cc4ccc3CCCc3ccc(cc3-c3nc(-c5ccccc5)c(-c5ccccc5)[nH]3)CCC4)N=C2c2ccc(OC)c(OC)c2)cc1C. The molecule has 0 saturated carbocycles. The van der Waals surface area contributed by atoms with Crippen molar-refractivity contribution < 1.29 is 14.2 Å². The zero-order valence-corrected chi connectivity index (χ0v) is 34.1. The third-order valence-corrected chi connectivity index (χ3v) is 11.6. The van der Waals surface area contributed by atoms with Crippen LogP contribution in [0.15, 0.2) is 143 Å². The average Bonchev–Trinajstić information content (AvgIpc) is 3.94. The largest absolute Gasteiger partial charge is 0.496 e. The Balaban J connectivity index is 1.08. The first kappa shape index (κ1) is 37.8. The molecule has 1 atom stereocenters. The van der Waals surface area contributed by atoms with Crippen LogP contribution in [0.5, 0.6) is 17.2 Å². The van der Waals surface area contributed by atoms with Crippen molar-refractivity contribution in [2.24, 2.45) is 9.98 Å². The maximum Gasteiger partial charge on any atom is 0.166 e. The molecule has 4 aliphatic carbocycles. The summed E-state index contributed by atoms with van der Waals surface area (Å²) < 4.78 is 16.9. The highest BCUT2D eigenvalue weighted by Gasteiger charge is 2.28. The van der Waals surface area contributed by atoms with E-state index in [0.717, 1.165) is 106 Å². The number of methoxy groups -OCH3 is 3. The van der Waals surface area contributed by atoms with Crippen molar-refractivity contribution in [3.63, 3.8) is 0 Å². The predicted molar refractivity (Wildman–Crippen MR) is 238 cm³/mol. The fourth-order valence-electron chi connectivity index (χ4n) is 8.54. The van der Waals surface area contributed by atoms with E-state index in [0.29, 0.717) is 11.5 Å². The van der Waals surface area contributed by atoms with Gasteiger partial charge in [0.2, 0.25) is 0 Å². The van der Waals surface area contributed by atoms with Crippen LogP contribution >= 0.6 is 0 Å². The normalized spacial score (nSPS) is 15.1. The Morgan fingerprint density at radius 3 is 1.80 bits per heavy atom. The number of rotatable bonds is 9. The van der Waals surface area contributed by atoms with Crippen LogP contribution in [0.25, 0.3) is 33.9 Å². The van der Waals surface area contributed by atoms with Crippen molar-refractivity contribution in [2.75, 3.05) is 21.3 Å². The summed E-state index contributed by atoms with van der Waals surface area (Å²) >= 11 is 0. The van der Waals surface area contributed by atoms with Crippen molar-refractivity contribution in [3.8, 4) is 51.2 Å². The van der Waals surface area contributed by atoms with E-state index in [1.807, 2.05) is 24.3 Å². The van der Waals surface area contributed by atoms with Crippen LogP contribution in [-0.4, -0.2) is 42.7 Å². The van der Waals surface area contributed by atoms with Gasteiger partial charge in [-0.1, -0.05) is 91.0 Å². The lowest BCUT2D eigenvalue weighted by molar-refractivity contribution is 0.355. The van der Waals surface area contributed by atoms with E-state index in [2.05, 4.69) is 121 Å². The predicted octanol–water partition coefficient (Wildman–Crippen LogP) is 11.4. The molecular weight excluding hydrogens is 729 g/mol. The van der Waals surface area contributed by atoms with Gasteiger partial charge in [0.05, 0.1) is 44.1 Å². The Kier molecular flexibility index (Phi) is 10.7. The van der Waals surface area contributed by atoms with Crippen molar-refractivity contribution in [3.05, 3.63) is 178 Å². The van der Waals surface area contributed by atoms with Gasteiger partial charge in [-0.25, -0.2) is 4.98 Å². The number of imidazole rings is 1. The van der Waals surface area contributed by atoms with Gasteiger partial charge in [-0.3, -0.25) is 9.98 Å². The number of ether oxygens (including phenoxy) is 3. The summed E-state index contributed by atoms with van der Waals surface area (Å²) in [6.07, 6.45) is 5.31. The molecule has 1 N–H and O–H groups in total. The van der Waals surface area contributed by atoms with E-state index < -0.39 is 0 Å². The molecule has 5 aliphatic rings. The molecule has 0 fully saturated rings. The molecular formula is C52H48N4O3. The monoisotopic (exact) mass is 776 g/mol. The summed E-state index contributed by atoms with van der Waals surface area (Å²) in [6, 6.07) is 47.2. The van der Waals surface area contributed by atoms with E-state index in [-0.39, 0.29) is 6.17 Å². The smallest absolute Gasteiger partial charge is 0.166 e. The molecule has 12 rings (SSSR count). The number of H-pyrrole nitrogens is 1. The third-order valence-electron chi connectivity index (χ3n) is 11.6. The Morgan fingerprint density at radius 2 is 1.12 bits per heavy atom. The fraction of sp³-hybridized carbons (Fsp3) is 0.212. The molecule has 1 aromatic heterocycles. The van der Waals surface area contributed by atoms with Gasteiger partial charge >= 0.3 is 0 Å². The molecule has 6 aromatic carbocycles. The molecule has 1 aliphatic heterocycles. The van der Waals surface area contributed by atoms with Crippen LogP contribution in [-0.2, 0) is 25.7 Å². The summed E-state index contributed by atoms with van der Waals surface area (Å²) in [5.74, 6) is 3.08. The van der Waals surface area contributed by atoms with E-state index in [1.165, 1.54) is 27.8 Å². The second-order valence-electron chi connectivity index (χ2n) is 15.4. The number of benzene rings is 6. The molecule has 294 valence electrons. The topological polar surface area (TPSA) is 81.1 Å². The Hall–Kier alpha value is -6.73. The van der Waals surface area contributed by atoms with Crippen LogP contribution in [0.4, 0.5) is 0 Å². The van der Waals surface area contributed by atoms with E-state index in [9.17, 15) is 0 Å². The Morgan fingerprint density at radius 1 is 0.525 bits per heavy atom. The van der Waals surface area contributed by atoms with Crippen LogP contribution in [0.3, 0.4) is 0 Å². The summed E-state index contributed by atoms with van der Waals surface area (Å²) in [7, 11) is 5.02. The number of aromatic nitrogens is 2. The highest BCUT2D eigenvalue weighted by atomic mass is 16.5. The van der Waals surface area contributed by atoms with Crippen molar-refractivity contribution in [1.82, 2.24) is 9.97 Å². The van der Waals surface area contributed by atoms with Gasteiger partial charge in [-0.05, 0) is 116 Å². The van der Waals surface area contributed by atoms with E-state index in [4.69, 9.17) is 29.2 Å². The molecule has 4 bridgehead atoms. The first-order valence-electron chi connectivity index (χ1n) is 20.5. The zero-order chi connectivity index (χ0) is 40.3. The highest BCUT2D eigenvalue weighted by molar-refractivity contribution is 6.54. The minimum atomic E-state index is -0.386. The third kappa shape index (κ3) is 7.68. The maximum absolute atomic E-state index is 5.73. The van der Waals surface area contributed by atoms with Gasteiger partial charge in [0.25, 0.3) is 0 Å². The first-order chi connectivity index (χ1) is 29.0. The Bertz CT molecular complexity index is 2640. The average molecular weight is 777 g/mol. The van der Waals surface area contributed by atoms with Crippen LogP contribution in [0, 0.1) is 6.92 Å². The van der Waals surface area contributed by atoms with Crippen molar-refractivity contribution in [1.29, 1.82) is 0 Å². The van der Waals surface area contributed by atoms with Crippen LogP contribution in [0.1, 0.15) is 63.5 Å². The molecule has 2 heterocycles. The van der Waals surface area contributed by atoms with Gasteiger partial charge in [-0.2, -0.15) is 0 Å². The number of hydrogen-bond acceptors (Lipinski definition) is 6. The highest BCUT2D eigenvalue weighted by Crippen LogP contribution is 2.38. The minimum absolute atomic E-state index is 0.386. The van der Waals surface area contributed by atoms with Gasteiger partial charge in [0.15, 0.2) is 17.7 Å². The van der Waals surface area contributed by atoms with Gasteiger partial charge < -0.3 is 19.2 Å². The van der Waals surface area contributed by atoms with E-state index in [1.54, 1.807) is 21.3 Å². The molecule has 7 nitrogen and oxygen atoms in total. The van der Waals surface area contributed by atoms with Crippen molar-refractivity contribution >= 4 is 11.4 Å². The number of aliphatic imine (C=N–C) groups is 2. The molecule has 59 heavy (non-hydrogen) atoms. The van der Waals surface area contributed by atoms with Crippen molar-refractivity contribution in [2.45, 2.75) is 51.6 Å². The molecule has 7 heteroatoms. The van der Waals surface area contributed by atoms with Gasteiger partial charge in [0.1, 0.15) is 11.6 Å². The second kappa shape index (κ2) is 16.6. The van der Waals surface area contributed by atoms with Gasteiger partial charge in [0, 0.05) is 33.4 Å². The summed E-state index contributed by atoms with van der Waals surface area (Å²) in [6.45, 7) is 2.06. The molecule has 0 saturated heterocycles. The fourth-order valence-corrected chi connectivity index (χ4v) is 8.54. The quantitative estimate of drug-likeness (QED) is 0.158. The lowest BCUT2D eigenvalue weighted by Crippen LogP contribution is -2.14. The number of nitrogens with zero attached hydrogens (tertiary/aromatic N) is 3. The molecule has 7 aromatic rings. The molecule has 0 radical (unpaired) electrons. The van der Waals surface area contributed by atoms with Gasteiger partial charge in [-0.15, -0.1) is 0 Å². The number of aryl methyl sites for hydroxylation is 5. The van der Waals surface area contributed by atoms with E-state index >= 15 is 0 Å². The summed E-state index contributed by atoms with van der Waals surface area (Å²) in [5, 5.41) is 0. The second-order valence-corrected chi connectivity index (χ2v) is 15.4. The van der Waals surface area contributed by atoms with Crippen LogP contribution in [0.2, 0.25) is 0 Å². The standard InChI is InChI=1S/C52H48N4O3/c1-33-29-40(25-27-44(33)57-2)49-50(41-26-28-45(58-3)46(32-41)59-4)56-52(55-49)43-31-35-14-11-13-34-21-23-36(19-12-20-37(43)24-22-35)42(30-34)51-53-47(38-15-7-5-8-16-38)48(54-51)39-17-9-6-10-18-39/h5-10,15-18,21-32,52H,11-14,19-20H2,1-4H3,(H,53,54). The molecule has 1 unspecified atom stereocenters. The lowest BCUT2D eigenvalue weighted by atomic mass is 9.91. The lowest BCUT2D eigenvalue weighted by Gasteiger charge is -2.17. The number of hydrogen-bond donors (Lipinski definition) is 1. The van der Waals surface area contributed by atoms with Crippen LogP contribution < -0.4 is 14.2 Å². The number of aromatic amines is 1.